The minimum atomic E-state index is -4.79. The molecule has 0 aliphatic carbocycles. The van der Waals surface area contributed by atoms with Crippen LogP contribution in [0.2, 0.25) is 0 Å². The van der Waals surface area contributed by atoms with E-state index in [1.54, 1.807) is 19.2 Å². The summed E-state index contributed by atoms with van der Waals surface area (Å²) in [6.07, 6.45) is -2.89. The molecule has 0 bridgehead atoms. The lowest BCUT2D eigenvalue weighted by molar-refractivity contribution is -0.143. The van der Waals surface area contributed by atoms with Crippen molar-refractivity contribution >= 4 is 26.5 Å². The van der Waals surface area contributed by atoms with Crippen molar-refractivity contribution in [3.8, 4) is 4.90 Å². The molecular formula is C33H44F3N2O5S2+. The fraction of sp³-hybridized carbons (Fsp3) is 0.485. The van der Waals surface area contributed by atoms with Crippen molar-refractivity contribution in [3.05, 3.63) is 81.5 Å². The third kappa shape index (κ3) is 10.9. The molecule has 0 amide bonds. The Morgan fingerprint density at radius 1 is 1.09 bits per heavy atom. The van der Waals surface area contributed by atoms with E-state index in [4.69, 9.17) is 4.74 Å². The van der Waals surface area contributed by atoms with Gasteiger partial charge in [0.15, 0.2) is 9.77 Å². The fourth-order valence-corrected chi connectivity index (χ4v) is 8.51. The van der Waals surface area contributed by atoms with Gasteiger partial charge in [-0.3, -0.25) is 4.79 Å². The average molecular weight is 670 g/mol. The Labute approximate surface area is 267 Å². The minimum Gasteiger partial charge on any atom is -0.466 e. The molecule has 1 heterocycles. The van der Waals surface area contributed by atoms with Crippen LogP contribution in [-0.4, -0.2) is 62.2 Å². The van der Waals surface area contributed by atoms with Crippen LogP contribution in [0.15, 0.2) is 64.9 Å². The third-order valence-electron chi connectivity index (χ3n) is 7.42. The maximum Gasteiger partial charge on any atom is 0.416 e. The lowest BCUT2D eigenvalue weighted by atomic mass is 9.95. The highest BCUT2D eigenvalue weighted by Gasteiger charge is 2.36. The normalized spacial score (nSPS) is 13.7. The first-order valence-corrected chi connectivity index (χ1v) is 17.7. The minimum absolute atomic E-state index is 0.0624. The molecule has 0 radical (unpaired) electrons. The summed E-state index contributed by atoms with van der Waals surface area (Å²) in [6.45, 7) is 7.52. The van der Waals surface area contributed by atoms with Crippen LogP contribution in [0.3, 0.4) is 0 Å². The second-order valence-electron chi connectivity index (χ2n) is 11.8. The molecule has 0 saturated carbocycles. The topological polar surface area (TPSA) is 95.9 Å². The maximum absolute atomic E-state index is 14.0. The monoisotopic (exact) mass is 669 g/mol. The standard InChI is InChI=1S/C33H44F3N2O5S2/c1-6-43-31(40)15-14-28-17-24(2)23-44(28)29-18-26(33(34,35)36)19-30(20-29)45(41,42)38(5)22-27(39)21-37-32(3,4)16-10-13-25-11-8-7-9-12-25/h7-9,11-12,17-20,23,27,37,39H,6,10,13-16,21-22H2,1-5H3/q+1/t27-,44?/m1/s1. The molecule has 248 valence electrons. The Balaban J connectivity index is 1.75. The number of β-amino-alcohol motifs (C(OH)–C–C–N with tert-alkyl or cyclic N) is 1. The number of alkyl halides is 3. The first-order valence-electron chi connectivity index (χ1n) is 14.9. The second-order valence-corrected chi connectivity index (χ2v) is 15.8. The molecule has 0 spiro atoms. The van der Waals surface area contributed by atoms with Gasteiger partial charge in [0.1, 0.15) is 5.38 Å². The van der Waals surface area contributed by atoms with Crippen LogP contribution in [0.1, 0.15) is 61.6 Å². The largest absolute Gasteiger partial charge is 0.466 e. The first kappa shape index (κ1) is 36.7. The number of likely N-dealkylation sites (N-methyl/N-ethyl adjacent to an activating group) is 1. The zero-order chi connectivity index (χ0) is 33.4. The Kier molecular flexibility index (Phi) is 12.8. The molecule has 1 aromatic heterocycles. The molecule has 2 aromatic carbocycles. The Bertz CT molecular complexity index is 1520. The highest BCUT2D eigenvalue weighted by atomic mass is 32.2. The summed E-state index contributed by atoms with van der Waals surface area (Å²) >= 11 is 0. The molecule has 45 heavy (non-hydrogen) atoms. The van der Waals surface area contributed by atoms with E-state index in [9.17, 15) is 31.5 Å². The second kappa shape index (κ2) is 15.7. The number of benzene rings is 2. The van der Waals surface area contributed by atoms with Crippen molar-refractivity contribution in [2.75, 3.05) is 26.7 Å². The van der Waals surface area contributed by atoms with Gasteiger partial charge in [0.05, 0.1) is 29.6 Å². The molecule has 3 rings (SSSR count). The summed E-state index contributed by atoms with van der Waals surface area (Å²) in [6, 6.07) is 14.8. The summed E-state index contributed by atoms with van der Waals surface area (Å²) in [5.41, 5.74) is 0.646. The van der Waals surface area contributed by atoms with E-state index < -0.39 is 49.2 Å². The van der Waals surface area contributed by atoms with E-state index in [2.05, 4.69) is 17.4 Å². The predicted molar refractivity (Wildman–Crippen MR) is 172 cm³/mol. The number of halogens is 3. The molecule has 2 atom stereocenters. The van der Waals surface area contributed by atoms with Crippen LogP contribution >= 0.6 is 10.5 Å². The van der Waals surface area contributed by atoms with Gasteiger partial charge in [0.25, 0.3) is 0 Å². The highest BCUT2D eigenvalue weighted by Crippen LogP contribution is 2.42. The van der Waals surface area contributed by atoms with Gasteiger partial charge in [-0.2, -0.15) is 17.5 Å². The van der Waals surface area contributed by atoms with Gasteiger partial charge in [-0.15, -0.1) is 0 Å². The van der Waals surface area contributed by atoms with Crippen LogP contribution in [0.25, 0.3) is 4.90 Å². The Morgan fingerprint density at radius 3 is 2.42 bits per heavy atom. The number of thiophene rings is 1. The van der Waals surface area contributed by atoms with Gasteiger partial charge in [-0.1, -0.05) is 30.3 Å². The van der Waals surface area contributed by atoms with Gasteiger partial charge in [0, 0.05) is 66.3 Å². The smallest absolute Gasteiger partial charge is 0.416 e. The van der Waals surface area contributed by atoms with E-state index >= 15 is 0 Å². The van der Waals surface area contributed by atoms with Gasteiger partial charge in [-0.05, 0) is 58.6 Å². The molecule has 0 saturated heterocycles. The summed E-state index contributed by atoms with van der Waals surface area (Å²) in [5, 5.41) is 15.8. The summed E-state index contributed by atoms with van der Waals surface area (Å²) in [4.78, 5) is 12.3. The first-order chi connectivity index (χ1) is 21.0. The molecule has 0 fully saturated rings. The number of sulfonamides is 1. The predicted octanol–water partition coefficient (Wildman–Crippen LogP) is 6.62. The number of carbonyl (C=O) groups excluding carboxylic acids is 1. The number of carbonyl (C=O) groups is 1. The van der Waals surface area contributed by atoms with E-state index in [0.717, 1.165) is 40.1 Å². The lowest BCUT2D eigenvalue weighted by Crippen LogP contribution is -2.46. The Morgan fingerprint density at radius 2 is 1.78 bits per heavy atom. The van der Waals surface area contributed by atoms with Gasteiger partial charge in [-0.25, -0.2) is 8.42 Å². The van der Waals surface area contributed by atoms with Crippen molar-refractivity contribution in [3.63, 3.8) is 0 Å². The van der Waals surface area contributed by atoms with Crippen molar-refractivity contribution in [2.24, 2.45) is 0 Å². The number of esters is 1. The number of aryl methyl sites for hydroxylation is 3. The Hall–Kier alpha value is -2.77. The molecule has 7 nitrogen and oxygen atoms in total. The SMILES string of the molecule is CCOC(=O)CCc1cc(C)c[s+]1-c1cc(C(F)(F)F)cc(S(=O)(=O)N(C)C[C@H](O)CNC(C)(C)CCCc2ccccc2)c1. The number of aliphatic hydroxyl groups excluding tert-OH is 1. The van der Waals surface area contributed by atoms with Crippen LogP contribution in [0, 0.1) is 6.92 Å². The van der Waals surface area contributed by atoms with Crippen LogP contribution in [0.5, 0.6) is 0 Å². The van der Waals surface area contributed by atoms with Gasteiger partial charge < -0.3 is 15.2 Å². The van der Waals surface area contributed by atoms with E-state index in [-0.39, 0.29) is 43.0 Å². The number of hydrogen-bond donors (Lipinski definition) is 2. The quantitative estimate of drug-likeness (QED) is 0.132. The number of rotatable bonds is 16. The third-order valence-corrected chi connectivity index (χ3v) is 11.5. The number of ether oxygens (including phenoxy) is 1. The zero-order valence-electron chi connectivity index (χ0n) is 26.5. The highest BCUT2D eigenvalue weighted by molar-refractivity contribution is 7.89. The van der Waals surface area contributed by atoms with Crippen molar-refractivity contribution in [1.29, 1.82) is 0 Å². The van der Waals surface area contributed by atoms with E-state index in [1.807, 2.05) is 38.1 Å². The van der Waals surface area contributed by atoms with Gasteiger partial charge in [0.2, 0.25) is 10.0 Å². The van der Waals surface area contributed by atoms with E-state index in [1.165, 1.54) is 18.7 Å². The zero-order valence-corrected chi connectivity index (χ0v) is 28.1. The number of aliphatic hydroxyl groups is 1. The lowest BCUT2D eigenvalue weighted by Gasteiger charge is -2.29. The number of hydrogen-bond acceptors (Lipinski definition) is 6. The summed E-state index contributed by atoms with van der Waals surface area (Å²) in [5.74, 6) is -0.413. The maximum atomic E-state index is 14.0. The average Bonchev–Trinajstić information content (AvgIpc) is 3.35. The molecule has 0 aliphatic rings. The molecule has 1 unspecified atom stereocenters. The molecule has 2 N–H and O–H groups in total. The van der Waals surface area contributed by atoms with E-state index in [0.29, 0.717) is 6.07 Å². The molecular weight excluding hydrogens is 626 g/mol. The number of nitrogens with zero attached hydrogens (tertiary/aromatic N) is 1. The summed E-state index contributed by atoms with van der Waals surface area (Å²) < 4.78 is 75.0. The number of nitrogens with one attached hydrogen (secondary N) is 1. The molecule has 0 aliphatic heterocycles. The fourth-order valence-electron chi connectivity index (χ4n) is 4.99. The van der Waals surface area contributed by atoms with Crippen LogP contribution < -0.4 is 5.32 Å². The van der Waals surface area contributed by atoms with Gasteiger partial charge >= 0.3 is 12.1 Å². The van der Waals surface area contributed by atoms with Crippen molar-refractivity contribution < 1.29 is 36.2 Å². The van der Waals surface area contributed by atoms with Crippen molar-refractivity contribution in [2.45, 2.75) is 82.5 Å². The van der Waals surface area contributed by atoms with Crippen LogP contribution in [-0.2, 0) is 38.6 Å². The van der Waals surface area contributed by atoms with Crippen molar-refractivity contribution in [1.82, 2.24) is 9.62 Å². The molecule has 12 heteroatoms. The molecule has 3 aromatic rings. The van der Waals surface area contributed by atoms with Crippen LogP contribution in [0.4, 0.5) is 13.2 Å². The summed E-state index contributed by atoms with van der Waals surface area (Å²) in [7, 11) is -4.12.